The molecule has 0 bridgehead atoms. The van der Waals surface area contributed by atoms with Crippen molar-refractivity contribution in [3.8, 4) is 44.9 Å². The second kappa shape index (κ2) is 8.09. The van der Waals surface area contributed by atoms with Crippen LogP contribution in [0, 0.1) is 0 Å². The normalized spacial score (nSPS) is 11.2. The fourth-order valence-electron chi connectivity index (χ4n) is 4.96. The average Bonchev–Trinajstić information content (AvgIpc) is 2.89. The third-order valence-electron chi connectivity index (χ3n) is 6.47. The largest absolute Gasteiger partial charge is 0.507 e. The molecular weight excluding hydrogens is 416 g/mol. The summed E-state index contributed by atoms with van der Waals surface area (Å²) < 4.78 is 0. The summed E-state index contributed by atoms with van der Waals surface area (Å²) in [6, 6.07) is 39.9. The Labute approximate surface area is 198 Å². The molecular formula is C32H22O2. The smallest absolute Gasteiger partial charge is 0.124 e. The van der Waals surface area contributed by atoms with Crippen LogP contribution < -0.4 is 0 Å². The molecule has 0 saturated heterocycles. The minimum Gasteiger partial charge on any atom is -0.507 e. The molecule has 0 fully saturated rings. The van der Waals surface area contributed by atoms with E-state index in [2.05, 4.69) is 36.4 Å². The summed E-state index contributed by atoms with van der Waals surface area (Å²) in [5.41, 5.74) is 5.42. The van der Waals surface area contributed by atoms with E-state index in [1.807, 2.05) is 72.8 Å². The molecule has 0 aliphatic carbocycles. The Kier molecular flexibility index (Phi) is 4.78. The Morgan fingerprint density at radius 2 is 0.765 bits per heavy atom. The molecule has 0 heterocycles. The van der Waals surface area contributed by atoms with Crippen molar-refractivity contribution in [2.24, 2.45) is 0 Å². The molecule has 0 aliphatic heterocycles. The molecule has 2 heteroatoms. The number of phenols is 2. The minimum atomic E-state index is 0.140. The summed E-state index contributed by atoms with van der Waals surface area (Å²) in [7, 11) is 0. The fraction of sp³-hybridized carbons (Fsp3) is 0. The molecule has 6 aromatic rings. The van der Waals surface area contributed by atoms with Gasteiger partial charge in [-0.2, -0.15) is 0 Å². The van der Waals surface area contributed by atoms with Crippen molar-refractivity contribution in [3.63, 3.8) is 0 Å². The first-order valence-corrected chi connectivity index (χ1v) is 11.3. The highest BCUT2D eigenvalue weighted by molar-refractivity contribution is 6.17. The minimum absolute atomic E-state index is 0.140. The second-order valence-corrected chi connectivity index (χ2v) is 8.46. The van der Waals surface area contributed by atoms with Gasteiger partial charge < -0.3 is 10.2 Å². The number of hydrogen-bond acceptors (Lipinski definition) is 2. The number of aromatic hydroxyl groups is 2. The maximum Gasteiger partial charge on any atom is 0.124 e. The van der Waals surface area contributed by atoms with Gasteiger partial charge in [0.1, 0.15) is 11.5 Å². The van der Waals surface area contributed by atoms with E-state index >= 15 is 0 Å². The molecule has 0 unspecified atom stereocenters. The molecule has 0 atom stereocenters. The van der Waals surface area contributed by atoms with Crippen molar-refractivity contribution in [3.05, 3.63) is 121 Å². The standard InChI is InChI=1S/C32H22O2/c33-27-19-17-23-13-7-15-25(21-9-3-1-4-10-21)29(23)31(27)32-28(34)20-18-24-14-8-16-26(30(24)32)22-11-5-2-6-12-22/h1-20,33-34H. The van der Waals surface area contributed by atoms with Gasteiger partial charge in [-0.15, -0.1) is 0 Å². The van der Waals surface area contributed by atoms with E-state index in [1.165, 1.54) is 0 Å². The van der Waals surface area contributed by atoms with E-state index < -0.39 is 0 Å². The third-order valence-corrected chi connectivity index (χ3v) is 6.47. The van der Waals surface area contributed by atoms with Crippen LogP contribution in [0.5, 0.6) is 11.5 Å². The van der Waals surface area contributed by atoms with Gasteiger partial charge in [-0.05, 0) is 45.2 Å². The van der Waals surface area contributed by atoms with Crippen molar-refractivity contribution in [2.45, 2.75) is 0 Å². The van der Waals surface area contributed by atoms with Crippen LogP contribution in [0.4, 0.5) is 0 Å². The van der Waals surface area contributed by atoms with E-state index in [0.29, 0.717) is 11.1 Å². The van der Waals surface area contributed by atoms with Crippen molar-refractivity contribution in [2.75, 3.05) is 0 Å². The van der Waals surface area contributed by atoms with Gasteiger partial charge in [0.2, 0.25) is 0 Å². The Balaban J connectivity index is 1.79. The molecule has 34 heavy (non-hydrogen) atoms. The zero-order chi connectivity index (χ0) is 23.1. The Morgan fingerprint density at radius 3 is 1.18 bits per heavy atom. The lowest BCUT2D eigenvalue weighted by atomic mass is 9.86. The number of phenolic OH excluding ortho intramolecular Hbond substituents is 2. The summed E-state index contributed by atoms with van der Waals surface area (Å²) in [5.74, 6) is 0.281. The molecule has 0 aromatic heterocycles. The Bertz CT molecular complexity index is 1530. The predicted molar refractivity (Wildman–Crippen MR) is 141 cm³/mol. The summed E-state index contributed by atoms with van der Waals surface area (Å²) >= 11 is 0. The van der Waals surface area contributed by atoms with Crippen LogP contribution in [0.3, 0.4) is 0 Å². The highest BCUT2D eigenvalue weighted by atomic mass is 16.3. The van der Waals surface area contributed by atoms with Gasteiger partial charge in [-0.1, -0.05) is 109 Å². The van der Waals surface area contributed by atoms with Gasteiger partial charge in [0, 0.05) is 21.9 Å². The van der Waals surface area contributed by atoms with E-state index in [1.54, 1.807) is 12.1 Å². The Hall–Kier alpha value is -4.56. The molecule has 162 valence electrons. The van der Waals surface area contributed by atoms with Crippen LogP contribution in [-0.4, -0.2) is 10.2 Å². The lowest BCUT2D eigenvalue weighted by molar-refractivity contribution is 0.470. The SMILES string of the molecule is Oc1ccc2cccc(-c3ccccc3)c2c1-c1c(O)ccc2cccc(-c3ccccc3)c12. The summed E-state index contributed by atoms with van der Waals surface area (Å²) in [4.78, 5) is 0. The number of fused-ring (bicyclic) bond motifs is 2. The molecule has 0 aliphatic rings. The zero-order valence-electron chi connectivity index (χ0n) is 18.4. The van der Waals surface area contributed by atoms with Crippen LogP contribution in [-0.2, 0) is 0 Å². The zero-order valence-corrected chi connectivity index (χ0v) is 18.4. The van der Waals surface area contributed by atoms with Gasteiger partial charge in [-0.3, -0.25) is 0 Å². The average molecular weight is 439 g/mol. The maximum absolute atomic E-state index is 11.3. The second-order valence-electron chi connectivity index (χ2n) is 8.46. The van der Waals surface area contributed by atoms with Crippen molar-refractivity contribution >= 4 is 21.5 Å². The molecule has 2 N–H and O–H groups in total. The highest BCUT2D eigenvalue weighted by Crippen LogP contribution is 2.49. The molecule has 6 aromatic carbocycles. The van der Waals surface area contributed by atoms with E-state index in [4.69, 9.17) is 0 Å². The summed E-state index contributed by atoms with van der Waals surface area (Å²) in [5, 5.41) is 26.4. The number of benzene rings is 6. The Morgan fingerprint density at radius 1 is 0.353 bits per heavy atom. The van der Waals surface area contributed by atoms with Crippen LogP contribution in [0.1, 0.15) is 0 Å². The quantitative estimate of drug-likeness (QED) is 0.291. The first-order valence-electron chi connectivity index (χ1n) is 11.3. The van der Waals surface area contributed by atoms with Gasteiger partial charge in [0.25, 0.3) is 0 Å². The van der Waals surface area contributed by atoms with Crippen molar-refractivity contribution in [1.82, 2.24) is 0 Å². The molecule has 6 rings (SSSR count). The molecule has 0 saturated carbocycles. The first kappa shape index (κ1) is 20.1. The number of rotatable bonds is 3. The summed E-state index contributed by atoms with van der Waals surface area (Å²) in [6.45, 7) is 0. The van der Waals surface area contributed by atoms with Gasteiger partial charge in [-0.25, -0.2) is 0 Å². The molecule has 0 radical (unpaired) electrons. The number of hydrogen-bond donors (Lipinski definition) is 2. The topological polar surface area (TPSA) is 40.5 Å². The third kappa shape index (κ3) is 3.20. The monoisotopic (exact) mass is 438 g/mol. The van der Waals surface area contributed by atoms with Crippen molar-refractivity contribution in [1.29, 1.82) is 0 Å². The predicted octanol–water partition coefficient (Wildman–Crippen LogP) is 8.41. The van der Waals surface area contributed by atoms with Crippen LogP contribution in [0.25, 0.3) is 54.9 Å². The molecule has 0 spiro atoms. The van der Waals surface area contributed by atoms with E-state index in [0.717, 1.165) is 43.8 Å². The fourth-order valence-corrected chi connectivity index (χ4v) is 4.96. The maximum atomic E-state index is 11.3. The van der Waals surface area contributed by atoms with Crippen LogP contribution >= 0.6 is 0 Å². The lowest BCUT2D eigenvalue weighted by Crippen LogP contribution is -1.91. The van der Waals surface area contributed by atoms with E-state index in [9.17, 15) is 10.2 Å². The molecule has 2 nitrogen and oxygen atoms in total. The first-order chi connectivity index (χ1) is 16.7. The van der Waals surface area contributed by atoms with Gasteiger partial charge in [0.15, 0.2) is 0 Å². The van der Waals surface area contributed by atoms with Gasteiger partial charge >= 0.3 is 0 Å². The van der Waals surface area contributed by atoms with Gasteiger partial charge in [0.05, 0.1) is 0 Å². The molecule has 0 amide bonds. The van der Waals surface area contributed by atoms with Crippen LogP contribution in [0.2, 0.25) is 0 Å². The van der Waals surface area contributed by atoms with Crippen LogP contribution in [0.15, 0.2) is 121 Å². The van der Waals surface area contributed by atoms with Crippen molar-refractivity contribution < 1.29 is 10.2 Å². The summed E-state index contributed by atoms with van der Waals surface area (Å²) in [6.07, 6.45) is 0. The highest BCUT2D eigenvalue weighted by Gasteiger charge is 2.21. The lowest BCUT2D eigenvalue weighted by Gasteiger charge is -2.19. The van der Waals surface area contributed by atoms with E-state index in [-0.39, 0.29) is 11.5 Å².